The molecule has 0 bridgehead atoms. The zero-order valence-electron chi connectivity index (χ0n) is 54.4. The predicted octanol–water partition coefficient (Wildman–Crippen LogP) is 21.4. The molecule has 0 amide bonds. The molecule has 3 aromatic heterocycles. The van der Waals surface area contributed by atoms with Gasteiger partial charge in [-0.1, -0.05) is 203 Å². The Morgan fingerprint density at radius 3 is 0.793 bits per heavy atom. The zero-order valence-corrected chi connectivity index (χ0v) is 54.4. The first-order valence-corrected chi connectivity index (χ1v) is 30.1. The predicted molar refractivity (Wildman–Crippen MR) is 354 cm³/mol. The second kappa shape index (κ2) is 19.4. The number of aromatic nitrogens is 5. The van der Waals surface area contributed by atoms with E-state index in [1.807, 2.05) is 0 Å². The van der Waals surface area contributed by atoms with Crippen LogP contribution in [0.4, 0.5) is 0 Å². The summed E-state index contributed by atoms with van der Waals surface area (Å²) in [7, 11) is 0. The van der Waals surface area contributed by atoms with E-state index in [-0.39, 0.29) is 43.3 Å². The molecular weight excluding hydrogens is 995 g/mol. The fourth-order valence-corrected chi connectivity index (χ4v) is 11.5. The Morgan fingerprint density at radius 2 is 0.512 bits per heavy atom. The van der Waals surface area contributed by atoms with Gasteiger partial charge in [0, 0.05) is 43.9 Å². The number of fused-ring (bicyclic) bond motifs is 6. The smallest absolute Gasteiger partial charge is 0.166 e. The quantitative estimate of drug-likeness (QED) is 0.173. The number of hydrogen-bond acceptors (Lipinski definition) is 3. The van der Waals surface area contributed by atoms with E-state index in [9.17, 15) is 0 Å². The summed E-state index contributed by atoms with van der Waals surface area (Å²) in [5.74, 6) is 1.92. The van der Waals surface area contributed by atoms with Gasteiger partial charge in [-0.2, -0.15) is 0 Å². The fraction of sp³-hybridized carbons (Fsp3) is 0.416. The zero-order chi connectivity index (χ0) is 60.0. The minimum atomic E-state index is -0.126. The molecule has 0 aliphatic heterocycles. The van der Waals surface area contributed by atoms with Crippen LogP contribution in [0.15, 0.2) is 127 Å². The van der Waals surface area contributed by atoms with Crippen molar-refractivity contribution in [2.75, 3.05) is 0 Å². The van der Waals surface area contributed by atoms with Gasteiger partial charge in [-0.05, 0) is 179 Å². The molecule has 5 nitrogen and oxygen atoms in total. The lowest BCUT2D eigenvalue weighted by Gasteiger charge is -2.26. The Morgan fingerprint density at radius 1 is 0.244 bits per heavy atom. The van der Waals surface area contributed by atoms with E-state index in [4.69, 9.17) is 15.0 Å². The first kappa shape index (κ1) is 58.4. The molecule has 0 saturated carbocycles. The van der Waals surface area contributed by atoms with Crippen LogP contribution in [0.3, 0.4) is 0 Å². The highest BCUT2D eigenvalue weighted by atomic mass is 15.1. The van der Waals surface area contributed by atoms with Crippen LogP contribution in [0.25, 0.3) is 89.2 Å². The van der Waals surface area contributed by atoms with Crippen molar-refractivity contribution in [2.45, 2.75) is 209 Å². The third kappa shape index (κ3) is 11.0. The third-order valence-corrected chi connectivity index (χ3v) is 17.2. The molecule has 5 heteroatoms. The van der Waals surface area contributed by atoms with Gasteiger partial charge in [-0.25, -0.2) is 15.0 Å². The molecule has 10 rings (SSSR count). The molecule has 0 aliphatic rings. The molecule has 0 radical (unpaired) electrons. The molecule has 0 fully saturated rings. The molecule has 0 atom stereocenters. The number of hydrogen-bond donors (Lipinski definition) is 0. The Bertz CT molecular complexity index is 3850. The maximum absolute atomic E-state index is 5.79. The molecule has 0 saturated heterocycles. The second-order valence-electron chi connectivity index (χ2n) is 32.2. The van der Waals surface area contributed by atoms with Gasteiger partial charge >= 0.3 is 0 Å². The standard InChI is InChI=1S/C77H93N5/c1-70(2,3)48-25-30-62-57(41-48)58-42-49(71(4,5)6)26-31-63(58)81(62)56-29-34-66(82-64-32-27-50(72(7,8)9)43-59(64)60-44-51(73(10,11)12)28-33-65(60)82)61(45-56)69-79-67(46-35-52(74(13,14)15)39-53(36-46)75(16,17)18)78-68(80-69)47-37-54(76(19,20)21)40-55(38-47)77(22,23)24/h25-45H,1-24H3. The monoisotopic (exact) mass is 1090 g/mol. The van der Waals surface area contributed by atoms with Crippen LogP contribution in [0.5, 0.6) is 0 Å². The SMILES string of the molecule is CC(C)(C)c1cc(-c2nc(-c3cc(C(C)(C)C)cc(C(C)(C)C)c3)nc(-c3cc(-n4c5ccc(C(C)(C)C)cc5c5cc(C(C)(C)C)ccc54)ccc3-n3c4ccc(C(C)(C)C)cc4c4cc(C(C)(C)C)ccc43)n2)cc(C(C)(C)C)c1. The lowest BCUT2D eigenvalue weighted by Crippen LogP contribution is -2.17. The summed E-state index contributed by atoms with van der Waals surface area (Å²) in [5.41, 5.74) is 19.1. The third-order valence-electron chi connectivity index (χ3n) is 17.2. The van der Waals surface area contributed by atoms with Gasteiger partial charge in [0.2, 0.25) is 0 Å². The molecule has 82 heavy (non-hydrogen) atoms. The summed E-state index contributed by atoms with van der Waals surface area (Å²) in [4.78, 5) is 17.2. The molecule has 0 spiro atoms. The summed E-state index contributed by atoms with van der Waals surface area (Å²) < 4.78 is 4.96. The molecule has 0 aliphatic carbocycles. The van der Waals surface area contributed by atoms with Gasteiger partial charge in [-0.3, -0.25) is 0 Å². The van der Waals surface area contributed by atoms with Crippen molar-refractivity contribution in [3.8, 4) is 45.5 Å². The maximum Gasteiger partial charge on any atom is 0.166 e. The van der Waals surface area contributed by atoms with Crippen molar-refractivity contribution in [3.05, 3.63) is 172 Å². The topological polar surface area (TPSA) is 48.5 Å². The van der Waals surface area contributed by atoms with Gasteiger partial charge in [0.05, 0.1) is 27.8 Å². The van der Waals surface area contributed by atoms with E-state index >= 15 is 0 Å². The normalized spacial score (nSPS) is 13.6. The average molecular weight is 1090 g/mol. The lowest BCUT2D eigenvalue weighted by atomic mass is 9.79. The molecular formula is C77H93N5. The van der Waals surface area contributed by atoms with Crippen molar-refractivity contribution in [1.82, 2.24) is 24.1 Å². The first-order valence-electron chi connectivity index (χ1n) is 30.1. The van der Waals surface area contributed by atoms with Crippen molar-refractivity contribution in [2.24, 2.45) is 0 Å². The minimum absolute atomic E-state index is 0.0309. The van der Waals surface area contributed by atoms with E-state index in [0.29, 0.717) is 17.5 Å². The Labute approximate surface area is 492 Å². The Hall–Kier alpha value is -6.85. The lowest BCUT2D eigenvalue weighted by molar-refractivity contribution is 0.568. The van der Waals surface area contributed by atoms with E-state index in [2.05, 4.69) is 303 Å². The highest BCUT2D eigenvalue weighted by Crippen LogP contribution is 2.44. The Balaban J connectivity index is 1.39. The Kier molecular flexibility index (Phi) is 13.8. The fourth-order valence-electron chi connectivity index (χ4n) is 11.5. The van der Waals surface area contributed by atoms with E-state index < -0.39 is 0 Å². The van der Waals surface area contributed by atoms with Crippen LogP contribution < -0.4 is 0 Å². The van der Waals surface area contributed by atoms with Gasteiger partial charge in [-0.15, -0.1) is 0 Å². The largest absolute Gasteiger partial charge is 0.309 e. The highest BCUT2D eigenvalue weighted by molar-refractivity contribution is 6.11. The van der Waals surface area contributed by atoms with E-state index in [1.54, 1.807) is 0 Å². The van der Waals surface area contributed by atoms with Crippen LogP contribution in [-0.2, 0) is 43.3 Å². The summed E-state index contributed by atoms with van der Waals surface area (Å²) in [6, 6.07) is 49.5. The molecule has 7 aromatic carbocycles. The van der Waals surface area contributed by atoms with Crippen LogP contribution in [0.1, 0.15) is 211 Å². The van der Waals surface area contributed by atoms with Crippen molar-refractivity contribution in [3.63, 3.8) is 0 Å². The number of nitrogens with zero attached hydrogens (tertiary/aromatic N) is 5. The summed E-state index contributed by atoms with van der Waals surface area (Å²) in [6.45, 7) is 55.4. The molecule has 0 unspecified atom stereocenters. The first-order chi connectivity index (χ1) is 37.7. The molecule has 3 heterocycles. The van der Waals surface area contributed by atoms with Crippen molar-refractivity contribution < 1.29 is 0 Å². The van der Waals surface area contributed by atoms with Crippen LogP contribution in [0, 0.1) is 0 Å². The minimum Gasteiger partial charge on any atom is -0.309 e. The molecule has 426 valence electrons. The number of benzene rings is 7. The van der Waals surface area contributed by atoms with Crippen LogP contribution in [0.2, 0.25) is 0 Å². The highest BCUT2D eigenvalue weighted by Gasteiger charge is 2.29. The van der Waals surface area contributed by atoms with E-state index in [0.717, 1.165) is 50.1 Å². The van der Waals surface area contributed by atoms with Gasteiger partial charge in [0.25, 0.3) is 0 Å². The van der Waals surface area contributed by atoms with Crippen LogP contribution in [-0.4, -0.2) is 24.1 Å². The summed E-state index contributed by atoms with van der Waals surface area (Å²) in [6.07, 6.45) is 0. The summed E-state index contributed by atoms with van der Waals surface area (Å²) in [5, 5.41) is 4.96. The second-order valence-corrected chi connectivity index (χ2v) is 32.2. The summed E-state index contributed by atoms with van der Waals surface area (Å²) >= 11 is 0. The van der Waals surface area contributed by atoms with Crippen LogP contribution >= 0.6 is 0 Å². The van der Waals surface area contributed by atoms with Crippen molar-refractivity contribution in [1.29, 1.82) is 0 Å². The number of rotatable bonds is 5. The van der Waals surface area contributed by atoms with Gasteiger partial charge < -0.3 is 9.13 Å². The maximum atomic E-state index is 5.79. The molecule has 0 N–H and O–H groups in total. The van der Waals surface area contributed by atoms with E-state index in [1.165, 1.54) is 66.1 Å². The average Bonchev–Trinajstić information content (AvgIpc) is 3.67. The van der Waals surface area contributed by atoms with Gasteiger partial charge in [0.15, 0.2) is 17.5 Å². The molecule has 10 aromatic rings. The van der Waals surface area contributed by atoms with Crippen molar-refractivity contribution >= 4 is 43.6 Å². The van der Waals surface area contributed by atoms with Gasteiger partial charge in [0.1, 0.15) is 0 Å².